The molecule has 3 aromatic rings. The monoisotopic (exact) mass is 291 g/mol. The second-order valence-electron chi connectivity index (χ2n) is 4.03. The first-order chi connectivity index (χ1) is 9.22. The topological polar surface area (TPSA) is 64.9 Å². The van der Waals surface area contributed by atoms with Crippen molar-refractivity contribution in [2.24, 2.45) is 0 Å². The zero-order chi connectivity index (χ0) is 13.2. The van der Waals surface area contributed by atoms with Crippen LogP contribution in [0.15, 0.2) is 40.2 Å². The van der Waals surface area contributed by atoms with Crippen LogP contribution in [0.4, 0.5) is 5.69 Å². The second-order valence-corrected chi connectivity index (χ2v) is 5.38. The Morgan fingerprint density at radius 3 is 2.95 bits per heavy atom. The average molecular weight is 292 g/mol. The van der Waals surface area contributed by atoms with Crippen LogP contribution in [0.1, 0.15) is 11.4 Å². The summed E-state index contributed by atoms with van der Waals surface area (Å²) in [5.74, 6) is 1.08. The van der Waals surface area contributed by atoms with Gasteiger partial charge >= 0.3 is 0 Å². The number of aromatic nitrogens is 2. The van der Waals surface area contributed by atoms with Crippen LogP contribution in [0.2, 0.25) is 5.02 Å². The molecular weight excluding hydrogens is 282 g/mol. The van der Waals surface area contributed by atoms with Crippen molar-refractivity contribution in [2.75, 3.05) is 5.73 Å². The first-order valence-electron chi connectivity index (χ1n) is 5.63. The van der Waals surface area contributed by atoms with Crippen LogP contribution in [0, 0.1) is 0 Å². The molecule has 0 aliphatic carbocycles. The number of halogens is 1. The number of rotatable bonds is 3. The minimum Gasteiger partial charge on any atom is -0.397 e. The molecule has 19 heavy (non-hydrogen) atoms. The van der Waals surface area contributed by atoms with Crippen molar-refractivity contribution < 1.29 is 4.52 Å². The molecule has 1 aromatic carbocycles. The van der Waals surface area contributed by atoms with E-state index in [9.17, 15) is 0 Å². The molecule has 96 valence electrons. The third kappa shape index (κ3) is 2.62. The predicted octanol–water partition coefficient (Wildman–Crippen LogP) is 3.62. The molecule has 4 nitrogen and oxygen atoms in total. The van der Waals surface area contributed by atoms with Crippen LogP contribution in [-0.4, -0.2) is 10.1 Å². The Bertz CT molecular complexity index is 707. The highest BCUT2D eigenvalue weighted by atomic mass is 35.5. The van der Waals surface area contributed by atoms with E-state index in [1.165, 1.54) is 11.3 Å². The van der Waals surface area contributed by atoms with Gasteiger partial charge in [-0.2, -0.15) is 4.98 Å². The van der Waals surface area contributed by atoms with Gasteiger partial charge in [-0.05, 0) is 29.1 Å². The average Bonchev–Trinajstić information content (AvgIpc) is 2.98. The lowest BCUT2D eigenvalue weighted by Crippen LogP contribution is -1.90. The largest absolute Gasteiger partial charge is 0.397 e. The van der Waals surface area contributed by atoms with Crippen molar-refractivity contribution >= 4 is 28.6 Å². The van der Waals surface area contributed by atoms with Gasteiger partial charge in [0, 0.05) is 11.4 Å². The number of benzene rings is 1. The van der Waals surface area contributed by atoms with Crippen molar-refractivity contribution in [3.05, 3.63) is 52.1 Å². The van der Waals surface area contributed by atoms with Crippen molar-refractivity contribution in [3.63, 3.8) is 0 Å². The highest BCUT2D eigenvalue weighted by Gasteiger charge is 2.13. The van der Waals surface area contributed by atoms with E-state index in [0.29, 0.717) is 28.8 Å². The smallest absolute Gasteiger partial charge is 0.270 e. The molecule has 0 aliphatic heterocycles. The lowest BCUT2D eigenvalue weighted by Gasteiger charge is -1.96. The molecule has 2 aromatic heterocycles. The van der Waals surface area contributed by atoms with E-state index in [1.54, 1.807) is 0 Å². The summed E-state index contributed by atoms with van der Waals surface area (Å²) in [5, 5.41) is 6.55. The first-order valence-corrected chi connectivity index (χ1v) is 6.88. The van der Waals surface area contributed by atoms with E-state index in [-0.39, 0.29) is 0 Å². The molecule has 2 heterocycles. The molecule has 0 bridgehead atoms. The van der Waals surface area contributed by atoms with Gasteiger partial charge in [-0.1, -0.05) is 28.9 Å². The van der Waals surface area contributed by atoms with Crippen LogP contribution in [0.3, 0.4) is 0 Å². The summed E-state index contributed by atoms with van der Waals surface area (Å²) >= 11 is 7.42. The van der Waals surface area contributed by atoms with Gasteiger partial charge in [-0.25, -0.2) is 0 Å². The van der Waals surface area contributed by atoms with E-state index >= 15 is 0 Å². The van der Waals surface area contributed by atoms with E-state index in [4.69, 9.17) is 21.9 Å². The van der Waals surface area contributed by atoms with Gasteiger partial charge in [0.2, 0.25) is 0 Å². The second kappa shape index (κ2) is 5.03. The van der Waals surface area contributed by atoms with Gasteiger partial charge in [0.05, 0.1) is 5.69 Å². The quantitative estimate of drug-likeness (QED) is 0.800. The molecule has 0 radical (unpaired) electrons. The van der Waals surface area contributed by atoms with E-state index in [2.05, 4.69) is 10.1 Å². The van der Waals surface area contributed by atoms with Gasteiger partial charge in [0.15, 0.2) is 5.82 Å². The standard InChI is InChI=1S/C13H10ClN3OS/c14-9-3-1-2-8(6-9)7-11-16-13(18-17-11)12-10(15)4-5-19-12/h1-6H,7,15H2. The van der Waals surface area contributed by atoms with Crippen molar-refractivity contribution in [1.82, 2.24) is 10.1 Å². The molecule has 3 rings (SSSR count). The summed E-state index contributed by atoms with van der Waals surface area (Å²) in [6, 6.07) is 9.41. The maximum Gasteiger partial charge on any atom is 0.270 e. The number of hydrogen-bond acceptors (Lipinski definition) is 5. The van der Waals surface area contributed by atoms with Crippen LogP contribution in [0.5, 0.6) is 0 Å². The minimum absolute atomic E-state index is 0.463. The van der Waals surface area contributed by atoms with Crippen LogP contribution >= 0.6 is 22.9 Å². The number of hydrogen-bond donors (Lipinski definition) is 1. The van der Waals surface area contributed by atoms with Gasteiger partial charge in [0.1, 0.15) is 4.88 Å². The summed E-state index contributed by atoms with van der Waals surface area (Å²) in [5.41, 5.74) is 7.52. The fourth-order valence-electron chi connectivity index (χ4n) is 1.74. The summed E-state index contributed by atoms with van der Waals surface area (Å²) < 4.78 is 5.23. The maximum absolute atomic E-state index is 5.94. The van der Waals surface area contributed by atoms with Gasteiger partial charge in [-0.15, -0.1) is 11.3 Å². The van der Waals surface area contributed by atoms with E-state index in [0.717, 1.165) is 10.4 Å². The third-order valence-corrected chi connectivity index (χ3v) is 3.76. The number of nitrogens with two attached hydrogens (primary N) is 1. The van der Waals surface area contributed by atoms with Crippen LogP contribution < -0.4 is 5.73 Å². The predicted molar refractivity (Wildman–Crippen MR) is 76.3 cm³/mol. The van der Waals surface area contributed by atoms with Crippen molar-refractivity contribution in [3.8, 4) is 10.8 Å². The Morgan fingerprint density at radius 1 is 1.32 bits per heavy atom. The zero-order valence-electron chi connectivity index (χ0n) is 9.84. The lowest BCUT2D eigenvalue weighted by atomic mass is 10.1. The molecule has 0 amide bonds. The molecule has 0 atom stereocenters. The fourth-order valence-corrected chi connectivity index (χ4v) is 2.69. The molecular formula is C13H10ClN3OS. The summed E-state index contributed by atoms with van der Waals surface area (Å²) in [6.45, 7) is 0. The molecule has 0 fully saturated rings. The van der Waals surface area contributed by atoms with E-state index in [1.807, 2.05) is 35.7 Å². The summed E-state index contributed by atoms with van der Waals surface area (Å²) in [4.78, 5) is 5.16. The zero-order valence-corrected chi connectivity index (χ0v) is 11.4. The van der Waals surface area contributed by atoms with Crippen LogP contribution in [0.25, 0.3) is 10.8 Å². The lowest BCUT2D eigenvalue weighted by molar-refractivity contribution is 0.425. The number of thiophene rings is 1. The Balaban J connectivity index is 1.84. The normalized spacial score (nSPS) is 10.8. The summed E-state index contributed by atoms with van der Waals surface area (Å²) in [7, 11) is 0. The van der Waals surface area contributed by atoms with Crippen molar-refractivity contribution in [2.45, 2.75) is 6.42 Å². The highest BCUT2D eigenvalue weighted by molar-refractivity contribution is 7.14. The number of nitrogen functional groups attached to an aromatic ring is 1. The number of nitrogens with zero attached hydrogens (tertiary/aromatic N) is 2. The molecule has 0 spiro atoms. The Morgan fingerprint density at radius 2 is 2.21 bits per heavy atom. The molecule has 0 saturated carbocycles. The summed E-state index contributed by atoms with van der Waals surface area (Å²) in [6.07, 6.45) is 0.579. The Labute approximate surface area is 118 Å². The minimum atomic E-state index is 0.463. The fraction of sp³-hybridized carbons (Fsp3) is 0.0769. The Kier molecular flexibility index (Phi) is 3.23. The molecule has 0 unspecified atom stereocenters. The Hall–Kier alpha value is -1.85. The van der Waals surface area contributed by atoms with Crippen molar-refractivity contribution in [1.29, 1.82) is 0 Å². The SMILES string of the molecule is Nc1ccsc1-c1nc(Cc2cccc(Cl)c2)no1. The molecule has 2 N–H and O–H groups in total. The highest BCUT2D eigenvalue weighted by Crippen LogP contribution is 2.30. The van der Waals surface area contributed by atoms with Crippen LogP contribution in [-0.2, 0) is 6.42 Å². The van der Waals surface area contributed by atoms with Gasteiger partial charge in [-0.3, -0.25) is 0 Å². The number of anilines is 1. The van der Waals surface area contributed by atoms with Gasteiger partial charge in [0.25, 0.3) is 5.89 Å². The third-order valence-electron chi connectivity index (χ3n) is 2.61. The molecule has 0 saturated heterocycles. The molecule has 0 aliphatic rings. The molecule has 6 heteroatoms. The first kappa shape index (κ1) is 12.2. The van der Waals surface area contributed by atoms with E-state index < -0.39 is 0 Å². The maximum atomic E-state index is 5.94. The van der Waals surface area contributed by atoms with Gasteiger partial charge < -0.3 is 10.3 Å².